The van der Waals surface area contributed by atoms with E-state index in [4.69, 9.17) is 9.47 Å². The summed E-state index contributed by atoms with van der Waals surface area (Å²) in [4.78, 5) is 37.2. The van der Waals surface area contributed by atoms with Crippen molar-refractivity contribution in [3.05, 3.63) is 36.7 Å². The lowest BCUT2D eigenvalue weighted by atomic mass is 10.0. The molecule has 0 saturated carbocycles. The molecule has 3 heterocycles. The molecule has 1 saturated heterocycles. The zero-order valence-corrected chi connectivity index (χ0v) is 17.8. The van der Waals surface area contributed by atoms with E-state index in [9.17, 15) is 14.7 Å². The number of carbonyl (C=O) groups is 2. The van der Waals surface area contributed by atoms with Gasteiger partial charge in [0, 0.05) is 56.7 Å². The number of aromatic nitrogens is 2. The van der Waals surface area contributed by atoms with Gasteiger partial charge in [-0.25, -0.2) is 9.97 Å². The van der Waals surface area contributed by atoms with Gasteiger partial charge in [0.15, 0.2) is 11.5 Å². The van der Waals surface area contributed by atoms with Crippen LogP contribution in [0.2, 0.25) is 0 Å². The number of benzene rings is 1. The van der Waals surface area contributed by atoms with Crippen LogP contribution in [0, 0.1) is 5.92 Å². The maximum Gasteiger partial charge on any atom is 0.308 e. The molecule has 4 rings (SSSR count). The number of nitrogens with zero attached hydrogens (tertiary/aromatic N) is 4. The Kier molecular flexibility index (Phi) is 7.00. The highest BCUT2D eigenvalue weighted by molar-refractivity contribution is 5.93. The number of rotatable bonds is 7. The second-order valence-corrected chi connectivity index (χ2v) is 7.84. The molecule has 0 bridgehead atoms. The Morgan fingerprint density at radius 1 is 1.06 bits per heavy atom. The maximum atomic E-state index is 12.6. The summed E-state index contributed by atoms with van der Waals surface area (Å²) in [6.07, 6.45) is 4.19. The van der Waals surface area contributed by atoms with Gasteiger partial charge in [0.2, 0.25) is 11.9 Å². The van der Waals surface area contributed by atoms with Gasteiger partial charge < -0.3 is 29.7 Å². The van der Waals surface area contributed by atoms with Gasteiger partial charge in [-0.3, -0.25) is 9.59 Å². The van der Waals surface area contributed by atoms with E-state index in [1.165, 1.54) is 0 Å². The molecular weight excluding hydrogens is 414 g/mol. The van der Waals surface area contributed by atoms with E-state index in [1.807, 2.05) is 0 Å². The minimum Gasteiger partial charge on any atom is -0.486 e. The van der Waals surface area contributed by atoms with E-state index in [2.05, 4.69) is 25.1 Å². The predicted molar refractivity (Wildman–Crippen MR) is 117 cm³/mol. The van der Waals surface area contributed by atoms with Crippen molar-refractivity contribution in [2.45, 2.75) is 12.8 Å². The lowest BCUT2D eigenvalue weighted by Gasteiger charge is -2.24. The number of carboxylic acid groups (broad SMARTS) is 1. The van der Waals surface area contributed by atoms with Crippen molar-refractivity contribution >= 4 is 23.5 Å². The van der Waals surface area contributed by atoms with Crippen LogP contribution in [-0.2, 0) is 9.59 Å². The molecule has 0 unspecified atom stereocenters. The largest absolute Gasteiger partial charge is 0.486 e. The minimum absolute atomic E-state index is 0.105. The topological polar surface area (TPSA) is 117 Å². The average molecular weight is 441 g/mol. The number of aliphatic carboxylic acids is 1. The van der Waals surface area contributed by atoms with Gasteiger partial charge in [-0.15, -0.1) is 0 Å². The van der Waals surface area contributed by atoms with Crippen LogP contribution in [0.3, 0.4) is 0 Å². The molecule has 10 heteroatoms. The minimum atomic E-state index is -0.977. The number of hydrogen-bond acceptors (Lipinski definition) is 8. The molecule has 1 fully saturated rings. The molecule has 2 aliphatic rings. The number of nitrogens with one attached hydrogen (secondary N) is 1. The van der Waals surface area contributed by atoms with E-state index in [0.717, 1.165) is 19.5 Å². The average Bonchev–Trinajstić information content (AvgIpc) is 3.05. The number of hydrogen-bond donors (Lipinski definition) is 2. The first-order valence-electron chi connectivity index (χ1n) is 10.7. The van der Waals surface area contributed by atoms with Crippen molar-refractivity contribution in [2.75, 3.05) is 56.2 Å². The van der Waals surface area contributed by atoms with E-state index >= 15 is 0 Å². The Morgan fingerprint density at radius 3 is 2.62 bits per heavy atom. The van der Waals surface area contributed by atoms with Crippen molar-refractivity contribution < 1.29 is 24.2 Å². The Morgan fingerprint density at radius 2 is 1.84 bits per heavy atom. The summed E-state index contributed by atoms with van der Waals surface area (Å²) >= 11 is 0. The lowest BCUT2D eigenvalue weighted by molar-refractivity contribution is -0.144. The summed E-state index contributed by atoms with van der Waals surface area (Å²) in [6, 6.07) is 6.92. The lowest BCUT2D eigenvalue weighted by Crippen LogP contribution is -2.38. The van der Waals surface area contributed by atoms with E-state index in [1.54, 1.807) is 36.7 Å². The van der Waals surface area contributed by atoms with Crippen LogP contribution >= 0.6 is 0 Å². The van der Waals surface area contributed by atoms with Crippen molar-refractivity contribution in [3.63, 3.8) is 0 Å². The van der Waals surface area contributed by atoms with E-state index in [0.29, 0.717) is 56.0 Å². The van der Waals surface area contributed by atoms with Gasteiger partial charge in [0.25, 0.3) is 0 Å². The molecule has 0 spiro atoms. The molecule has 2 aromatic rings. The first-order chi connectivity index (χ1) is 15.6. The summed E-state index contributed by atoms with van der Waals surface area (Å²) in [6.45, 7) is 4.22. The third kappa shape index (κ3) is 5.64. The summed E-state index contributed by atoms with van der Waals surface area (Å²) in [5.41, 5.74) is 0.552. The van der Waals surface area contributed by atoms with Gasteiger partial charge >= 0.3 is 5.97 Å². The molecule has 0 radical (unpaired) electrons. The van der Waals surface area contributed by atoms with Gasteiger partial charge in [-0.1, -0.05) is 0 Å². The summed E-state index contributed by atoms with van der Waals surface area (Å²) < 4.78 is 11.0. The normalized spacial score (nSPS) is 17.3. The quantitative estimate of drug-likeness (QED) is 0.659. The highest BCUT2D eigenvalue weighted by Crippen LogP contribution is 2.32. The number of anilines is 2. The summed E-state index contributed by atoms with van der Waals surface area (Å²) in [7, 11) is 0. The third-order valence-electron chi connectivity index (χ3n) is 5.51. The second-order valence-electron chi connectivity index (χ2n) is 7.84. The molecule has 2 aliphatic heterocycles. The molecule has 10 nitrogen and oxygen atoms in total. The molecule has 2 N–H and O–H groups in total. The monoisotopic (exact) mass is 441 g/mol. The van der Waals surface area contributed by atoms with Crippen LogP contribution in [0.5, 0.6) is 11.5 Å². The van der Waals surface area contributed by atoms with Crippen LogP contribution in [0.4, 0.5) is 11.6 Å². The number of amides is 1. The summed E-state index contributed by atoms with van der Waals surface area (Å²) in [5, 5.41) is 12.5. The van der Waals surface area contributed by atoms with Crippen molar-refractivity contribution in [2.24, 2.45) is 5.92 Å². The SMILES string of the molecule is O=C(C[C@H](CN1CCCN(c2ncccn2)CC1)C(=O)O)Nc1ccc2c(c1)OCCO2. The first kappa shape index (κ1) is 21.8. The van der Waals surface area contributed by atoms with Crippen LogP contribution in [0.1, 0.15) is 12.8 Å². The zero-order chi connectivity index (χ0) is 22.3. The van der Waals surface area contributed by atoms with Gasteiger partial charge in [0.05, 0.1) is 5.92 Å². The van der Waals surface area contributed by atoms with Gasteiger partial charge in [-0.05, 0) is 31.2 Å². The molecule has 170 valence electrons. The van der Waals surface area contributed by atoms with E-state index in [-0.39, 0.29) is 12.3 Å². The van der Waals surface area contributed by atoms with Crippen molar-refractivity contribution in [1.82, 2.24) is 14.9 Å². The fourth-order valence-corrected chi connectivity index (χ4v) is 3.91. The molecule has 1 aromatic heterocycles. The standard InChI is InChI=1S/C22H27N5O5/c28-20(25-17-3-4-18-19(14-17)32-12-11-31-18)13-16(21(29)30)15-26-7-2-8-27(10-9-26)22-23-5-1-6-24-22/h1,3-6,14,16H,2,7-13,15H2,(H,25,28)(H,29,30)/t16-/m1/s1. The number of fused-ring (bicyclic) bond motifs is 1. The van der Waals surface area contributed by atoms with E-state index < -0.39 is 11.9 Å². The molecule has 1 amide bonds. The molecule has 1 aromatic carbocycles. The van der Waals surface area contributed by atoms with Crippen LogP contribution in [0.15, 0.2) is 36.7 Å². The molecule has 1 atom stereocenters. The Balaban J connectivity index is 1.31. The van der Waals surface area contributed by atoms with Gasteiger partial charge in [-0.2, -0.15) is 0 Å². The first-order valence-corrected chi connectivity index (χ1v) is 10.7. The smallest absolute Gasteiger partial charge is 0.308 e. The Hall–Kier alpha value is -3.40. The number of ether oxygens (including phenoxy) is 2. The highest BCUT2D eigenvalue weighted by atomic mass is 16.6. The Bertz CT molecular complexity index is 942. The maximum absolute atomic E-state index is 12.6. The molecular formula is C22H27N5O5. The molecule has 0 aliphatic carbocycles. The van der Waals surface area contributed by atoms with Crippen LogP contribution < -0.4 is 19.7 Å². The predicted octanol–water partition coefficient (Wildman–Crippen LogP) is 1.49. The Labute approximate surface area is 186 Å². The fraction of sp³-hybridized carbons (Fsp3) is 0.455. The number of carboxylic acids is 1. The van der Waals surface area contributed by atoms with Crippen molar-refractivity contribution in [3.8, 4) is 11.5 Å². The summed E-state index contributed by atoms with van der Waals surface area (Å²) in [5.74, 6) is -0.234. The third-order valence-corrected chi connectivity index (χ3v) is 5.51. The van der Waals surface area contributed by atoms with Gasteiger partial charge in [0.1, 0.15) is 13.2 Å². The van der Waals surface area contributed by atoms with Crippen LogP contribution in [0.25, 0.3) is 0 Å². The number of carbonyl (C=O) groups excluding carboxylic acids is 1. The highest BCUT2D eigenvalue weighted by Gasteiger charge is 2.26. The zero-order valence-electron chi connectivity index (χ0n) is 17.8. The molecule has 32 heavy (non-hydrogen) atoms. The van der Waals surface area contributed by atoms with Crippen molar-refractivity contribution in [1.29, 1.82) is 0 Å². The fourth-order valence-electron chi connectivity index (χ4n) is 3.91. The second kappa shape index (κ2) is 10.3. The van der Waals surface area contributed by atoms with Crippen LogP contribution in [-0.4, -0.2) is 77.8 Å².